The monoisotopic (exact) mass is 291 g/mol. The minimum absolute atomic E-state index is 0.0106. The van der Waals surface area contributed by atoms with Crippen molar-refractivity contribution in [2.75, 3.05) is 5.73 Å². The second kappa shape index (κ2) is 4.89. The van der Waals surface area contributed by atoms with Gasteiger partial charge in [-0.05, 0) is 28.6 Å². The normalized spacial score (nSPS) is 10.8. The van der Waals surface area contributed by atoms with Gasteiger partial charge in [0, 0.05) is 17.3 Å². The highest BCUT2D eigenvalue weighted by atomic mass is 19.2. The standard InChI is InChI=1S/C13H8F3N5/c14-8-3-1-2-4-12(8)21-13(18-19-20-21)7-5-9(15)10(16)6-11(7)17/h1-6H,17H2. The van der Waals surface area contributed by atoms with E-state index in [1.165, 1.54) is 18.2 Å². The quantitative estimate of drug-likeness (QED) is 0.736. The van der Waals surface area contributed by atoms with Crippen molar-refractivity contribution in [3.05, 3.63) is 53.8 Å². The van der Waals surface area contributed by atoms with E-state index in [9.17, 15) is 13.2 Å². The third kappa shape index (κ3) is 2.20. The maximum absolute atomic E-state index is 13.8. The van der Waals surface area contributed by atoms with Gasteiger partial charge in [-0.25, -0.2) is 13.2 Å². The molecule has 1 heterocycles. The number of benzene rings is 2. The molecule has 21 heavy (non-hydrogen) atoms. The van der Waals surface area contributed by atoms with Crippen LogP contribution in [0.4, 0.5) is 18.9 Å². The van der Waals surface area contributed by atoms with Crippen molar-refractivity contribution in [2.24, 2.45) is 0 Å². The molecule has 0 saturated carbocycles. The van der Waals surface area contributed by atoms with Gasteiger partial charge in [-0.15, -0.1) is 5.10 Å². The number of nitrogens with zero attached hydrogens (tertiary/aromatic N) is 4. The Hall–Kier alpha value is -2.90. The van der Waals surface area contributed by atoms with Gasteiger partial charge in [0.15, 0.2) is 17.5 Å². The largest absolute Gasteiger partial charge is 0.398 e. The van der Waals surface area contributed by atoms with Gasteiger partial charge in [-0.1, -0.05) is 12.1 Å². The van der Waals surface area contributed by atoms with E-state index >= 15 is 0 Å². The SMILES string of the molecule is Nc1cc(F)c(F)cc1-c1nnnn1-c1ccccc1F. The average molecular weight is 291 g/mol. The van der Waals surface area contributed by atoms with Gasteiger partial charge in [-0.3, -0.25) is 0 Å². The van der Waals surface area contributed by atoms with Gasteiger partial charge in [0.25, 0.3) is 0 Å². The van der Waals surface area contributed by atoms with Gasteiger partial charge >= 0.3 is 0 Å². The molecule has 0 saturated heterocycles. The second-order valence-corrected chi connectivity index (χ2v) is 4.22. The van der Waals surface area contributed by atoms with Crippen LogP contribution in [0.2, 0.25) is 0 Å². The molecule has 0 bridgehead atoms. The van der Waals surface area contributed by atoms with E-state index in [4.69, 9.17) is 5.73 Å². The molecule has 0 aliphatic heterocycles. The highest BCUT2D eigenvalue weighted by Gasteiger charge is 2.18. The maximum atomic E-state index is 13.8. The van der Waals surface area contributed by atoms with Crippen LogP contribution >= 0.6 is 0 Å². The predicted octanol–water partition coefficient (Wildman–Crippen LogP) is 2.33. The van der Waals surface area contributed by atoms with Crippen molar-refractivity contribution >= 4 is 5.69 Å². The summed E-state index contributed by atoms with van der Waals surface area (Å²) in [5.74, 6) is -2.73. The molecule has 106 valence electrons. The third-order valence-electron chi connectivity index (χ3n) is 2.88. The molecular formula is C13H8F3N5. The fourth-order valence-corrected chi connectivity index (χ4v) is 1.90. The van der Waals surface area contributed by atoms with Gasteiger partial charge < -0.3 is 5.73 Å². The molecule has 3 aromatic rings. The van der Waals surface area contributed by atoms with Crippen molar-refractivity contribution in [3.63, 3.8) is 0 Å². The van der Waals surface area contributed by atoms with Crippen LogP contribution < -0.4 is 5.73 Å². The Morgan fingerprint density at radius 2 is 1.67 bits per heavy atom. The zero-order chi connectivity index (χ0) is 15.0. The van der Waals surface area contributed by atoms with E-state index in [2.05, 4.69) is 15.5 Å². The Morgan fingerprint density at radius 1 is 0.952 bits per heavy atom. The molecule has 3 rings (SSSR count). The number of hydrogen-bond acceptors (Lipinski definition) is 4. The van der Waals surface area contributed by atoms with Gasteiger partial charge in [0.2, 0.25) is 0 Å². The highest BCUT2D eigenvalue weighted by Crippen LogP contribution is 2.28. The number of rotatable bonds is 2. The molecule has 0 aliphatic carbocycles. The summed E-state index contributed by atoms with van der Waals surface area (Å²) in [4.78, 5) is 0. The van der Waals surface area contributed by atoms with E-state index in [-0.39, 0.29) is 22.8 Å². The number of nitrogens with two attached hydrogens (primary N) is 1. The Bertz CT molecular complexity index is 815. The van der Waals surface area contributed by atoms with E-state index in [0.29, 0.717) is 0 Å². The summed E-state index contributed by atoms with van der Waals surface area (Å²) < 4.78 is 41.4. The zero-order valence-corrected chi connectivity index (χ0v) is 10.5. The summed E-state index contributed by atoms with van der Waals surface area (Å²) in [5.41, 5.74) is 5.75. The summed E-state index contributed by atoms with van der Waals surface area (Å²) in [6.07, 6.45) is 0. The smallest absolute Gasteiger partial charge is 0.189 e. The Kier molecular flexibility index (Phi) is 3.05. The maximum Gasteiger partial charge on any atom is 0.189 e. The average Bonchev–Trinajstić information content (AvgIpc) is 2.92. The van der Waals surface area contributed by atoms with Crippen molar-refractivity contribution in [1.29, 1.82) is 0 Å². The first-order valence-corrected chi connectivity index (χ1v) is 5.86. The lowest BCUT2D eigenvalue weighted by Gasteiger charge is -2.08. The molecular weight excluding hydrogens is 283 g/mol. The first kappa shape index (κ1) is 13.1. The number of halogens is 3. The molecule has 8 heteroatoms. The van der Waals surface area contributed by atoms with E-state index in [1.807, 2.05) is 0 Å². The lowest BCUT2D eigenvalue weighted by atomic mass is 10.1. The fraction of sp³-hybridized carbons (Fsp3) is 0. The molecule has 0 radical (unpaired) electrons. The zero-order valence-electron chi connectivity index (χ0n) is 10.5. The number of para-hydroxylation sites is 1. The molecule has 2 N–H and O–H groups in total. The summed E-state index contributed by atoms with van der Waals surface area (Å²) >= 11 is 0. The van der Waals surface area contributed by atoms with Crippen LogP contribution in [0.15, 0.2) is 36.4 Å². The molecule has 5 nitrogen and oxygen atoms in total. The number of anilines is 1. The third-order valence-corrected chi connectivity index (χ3v) is 2.88. The van der Waals surface area contributed by atoms with Crippen LogP contribution in [-0.2, 0) is 0 Å². The molecule has 0 unspecified atom stereocenters. The van der Waals surface area contributed by atoms with Crippen LogP contribution in [-0.4, -0.2) is 20.2 Å². The first-order chi connectivity index (χ1) is 10.1. The Balaban J connectivity index is 2.21. The molecule has 0 atom stereocenters. The molecule has 0 aliphatic rings. The van der Waals surface area contributed by atoms with Crippen LogP contribution in [0.1, 0.15) is 0 Å². The van der Waals surface area contributed by atoms with Crippen molar-refractivity contribution < 1.29 is 13.2 Å². The number of hydrogen-bond donors (Lipinski definition) is 1. The molecule has 1 aromatic heterocycles. The predicted molar refractivity (Wildman–Crippen MR) is 68.9 cm³/mol. The van der Waals surface area contributed by atoms with E-state index < -0.39 is 17.5 Å². The number of tetrazole rings is 1. The van der Waals surface area contributed by atoms with Gasteiger partial charge in [0.05, 0.1) is 0 Å². The molecule has 0 amide bonds. The van der Waals surface area contributed by atoms with Crippen molar-refractivity contribution in [3.8, 4) is 17.1 Å². The lowest BCUT2D eigenvalue weighted by molar-refractivity contribution is 0.509. The fourth-order valence-electron chi connectivity index (χ4n) is 1.90. The van der Waals surface area contributed by atoms with Crippen molar-refractivity contribution in [2.45, 2.75) is 0 Å². The minimum atomic E-state index is -1.10. The summed E-state index contributed by atoms with van der Waals surface area (Å²) in [6.45, 7) is 0. The lowest BCUT2D eigenvalue weighted by Crippen LogP contribution is -2.04. The van der Waals surface area contributed by atoms with Gasteiger partial charge in [0.1, 0.15) is 11.5 Å². The Labute approximate surface area is 116 Å². The first-order valence-electron chi connectivity index (χ1n) is 5.86. The molecule has 2 aromatic carbocycles. The number of nitrogen functional groups attached to an aromatic ring is 1. The molecule has 0 spiro atoms. The topological polar surface area (TPSA) is 69.6 Å². The Morgan fingerprint density at radius 3 is 2.43 bits per heavy atom. The van der Waals surface area contributed by atoms with Crippen LogP contribution in [0.5, 0.6) is 0 Å². The summed E-state index contributed by atoms with van der Waals surface area (Å²) in [5, 5.41) is 10.8. The van der Waals surface area contributed by atoms with E-state index in [1.54, 1.807) is 6.07 Å². The van der Waals surface area contributed by atoms with Crippen molar-refractivity contribution in [1.82, 2.24) is 20.2 Å². The summed E-state index contributed by atoms with van der Waals surface area (Å²) in [7, 11) is 0. The minimum Gasteiger partial charge on any atom is -0.398 e. The second-order valence-electron chi connectivity index (χ2n) is 4.22. The van der Waals surface area contributed by atoms with E-state index in [0.717, 1.165) is 16.8 Å². The van der Waals surface area contributed by atoms with Gasteiger partial charge in [-0.2, -0.15) is 4.68 Å². The highest BCUT2D eigenvalue weighted by molar-refractivity contribution is 5.72. The number of aromatic nitrogens is 4. The van der Waals surface area contributed by atoms with Crippen LogP contribution in [0.25, 0.3) is 17.1 Å². The van der Waals surface area contributed by atoms with Crippen LogP contribution in [0.3, 0.4) is 0 Å². The van der Waals surface area contributed by atoms with Crippen LogP contribution in [0, 0.1) is 17.5 Å². The molecule has 0 fully saturated rings. The summed E-state index contributed by atoms with van der Waals surface area (Å²) in [6, 6.07) is 7.48.